The first-order chi connectivity index (χ1) is 10.6. The van der Waals surface area contributed by atoms with E-state index in [4.69, 9.17) is 0 Å². The Bertz CT molecular complexity index is 718. The first-order valence-electron chi connectivity index (χ1n) is 7.14. The van der Waals surface area contributed by atoms with E-state index in [1.54, 1.807) is 17.8 Å². The van der Waals surface area contributed by atoms with Crippen LogP contribution in [0.15, 0.2) is 46.9 Å². The molecule has 0 fully saturated rings. The Balaban J connectivity index is 1.97. The fraction of sp³-hybridized carbons (Fsp3) is 0.294. The number of thioether (sulfide) groups is 1. The molecule has 0 aliphatic carbocycles. The average Bonchev–Trinajstić information content (AvgIpc) is 2.84. The van der Waals surface area contributed by atoms with Crippen molar-refractivity contribution >= 4 is 17.7 Å². The molecular formula is C17H16N2O2S. The van der Waals surface area contributed by atoms with E-state index >= 15 is 0 Å². The van der Waals surface area contributed by atoms with E-state index in [9.17, 15) is 15.2 Å². The van der Waals surface area contributed by atoms with E-state index in [1.165, 1.54) is 10.5 Å². The molecule has 0 spiro atoms. The lowest BCUT2D eigenvalue weighted by Crippen LogP contribution is -2.27. The highest BCUT2D eigenvalue weighted by molar-refractivity contribution is 8.05. The fourth-order valence-electron chi connectivity index (χ4n) is 2.98. The number of hydrogen-bond donors (Lipinski definition) is 2. The van der Waals surface area contributed by atoms with E-state index in [-0.39, 0.29) is 6.42 Å². The molecule has 0 aromatic heterocycles. The summed E-state index contributed by atoms with van der Waals surface area (Å²) in [6, 6.07) is 9.62. The van der Waals surface area contributed by atoms with Gasteiger partial charge in [0.15, 0.2) is 0 Å². The maximum atomic E-state index is 11.4. The van der Waals surface area contributed by atoms with Crippen molar-refractivity contribution in [3.63, 3.8) is 0 Å². The van der Waals surface area contributed by atoms with Crippen LogP contribution in [0, 0.1) is 11.3 Å². The summed E-state index contributed by atoms with van der Waals surface area (Å²) >= 11 is 1.62. The predicted molar refractivity (Wildman–Crippen MR) is 86.5 cm³/mol. The lowest BCUT2D eigenvalue weighted by Gasteiger charge is -2.25. The fourth-order valence-corrected chi connectivity index (χ4v) is 4.48. The van der Waals surface area contributed by atoms with Crippen LogP contribution in [0.5, 0.6) is 0 Å². The summed E-state index contributed by atoms with van der Waals surface area (Å²) in [7, 11) is 0. The van der Waals surface area contributed by atoms with E-state index in [1.807, 2.05) is 18.2 Å². The van der Waals surface area contributed by atoms with Crippen molar-refractivity contribution in [1.29, 1.82) is 5.26 Å². The normalized spacial score (nSPS) is 23.2. The molecule has 2 aliphatic rings. The number of fused-ring (bicyclic) bond motifs is 1. The quantitative estimate of drug-likeness (QED) is 0.893. The lowest BCUT2D eigenvalue weighted by molar-refractivity contribution is -0.137. The van der Waals surface area contributed by atoms with Gasteiger partial charge in [0, 0.05) is 18.0 Å². The topological polar surface area (TPSA) is 73.1 Å². The summed E-state index contributed by atoms with van der Waals surface area (Å²) in [5.74, 6) is -0.814. The summed E-state index contributed by atoms with van der Waals surface area (Å²) in [5.41, 5.74) is 2.70. The molecule has 1 aromatic carbocycles. The second-order valence-corrected chi connectivity index (χ2v) is 7.01. The van der Waals surface area contributed by atoms with Crippen molar-refractivity contribution in [2.45, 2.75) is 17.6 Å². The zero-order valence-corrected chi connectivity index (χ0v) is 12.8. The van der Waals surface area contributed by atoms with Crippen molar-refractivity contribution in [2.75, 3.05) is 13.1 Å². The van der Waals surface area contributed by atoms with Gasteiger partial charge >= 0.3 is 5.97 Å². The molecule has 112 valence electrons. The minimum atomic E-state index is -0.814. The molecule has 1 unspecified atom stereocenters. The Kier molecular flexibility index (Phi) is 4.06. The minimum Gasteiger partial charge on any atom is -0.481 e. The molecule has 1 atom stereocenters. The van der Waals surface area contributed by atoms with Crippen LogP contribution in [0.25, 0.3) is 0 Å². The van der Waals surface area contributed by atoms with Crippen molar-refractivity contribution in [3.8, 4) is 6.07 Å². The Morgan fingerprint density at radius 3 is 3.00 bits per heavy atom. The number of carbonyl (C=O) groups is 1. The molecule has 2 aliphatic heterocycles. The third-order valence-electron chi connectivity index (χ3n) is 3.89. The number of benzene rings is 1. The monoisotopic (exact) mass is 312 g/mol. The molecule has 2 N–H and O–H groups in total. The molecule has 0 radical (unpaired) electrons. The SMILES string of the molecule is N#Cc1ccccc1CC1(CC(=O)O)C=C2CNCC=C2S1. The van der Waals surface area contributed by atoms with Gasteiger partial charge in [-0.3, -0.25) is 4.79 Å². The van der Waals surface area contributed by atoms with Gasteiger partial charge in [-0.2, -0.15) is 5.26 Å². The molecule has 0 amide bonds. The number of hydrogen-bond acceptors (Lipinski definition) is 4. The minimum absolute atomic E-state index is 0.0538. The number of rotatable bonds is 4. The first-order valence-corrected chi connectivity index (χ1v) is 7.95. The Morgan fingerprint density at radius 1 is 1.45 bits per heavy atom. The first kappa shape index (κ1) is 14.9. The van der Waals surface area contributed by atoms with Gasteiger partial charge in [0.1, 0.15) is 0 Å². The molecule has 0 saturated carbocycles. The molecule has 0 saturated heterocycles. The van der Waals surface area contributed by atoms with Crippen molar-refractivity contribution in [2.24, 2.45) is 0 Å². The number of nitriles is 1. The van der Waals surface area contributed by atoms with Gasteiger partial charge in [0.25, 0.3) is 0 Å². The number of carboxylic acids is 1. The third-order valence-corrected chi connectivity index (χ3v) is 5.35. The molecule has 2 heterocycles. The number of nitrogens with zero attached hydrogens (tertiary/aromatic N) is 1. The summed E-state index contributed by atoms with van der Waals surface area (Å²) in [5, 5.41) is 21.9. The van der Waals surface area contributed by atoms with Crippen LogP contribution >= 0.6 is 11.8 Å². The molecule has 3 rings (SSSR count). The highest BCUT2D eigenvalue weighted by atomic mass is 32.2. The van der Waals surface area contributed by atoms with E-state index < -0.39 is 10.7 Å². The van der Waals surface area contributed by atoms with Crippen molar-refractivity contribution < 1.29 is 9.90 Å². The van der Waals surface area contributed by atoms with Crippen LogP contribution in [-0.4, -0.2) is 28.9 Å². The molecule has 1 aromatic rings. The van der Waals surface area contributed by atoms with Gasteiger partial charge in [0.2, 0.25) is 0 Å². The largest absolute Gasteiger partial charge is 0.481 e. The van der Waals surface area contributed by atoms with Crippen LogP contribution in [0.1, 0.15) is 17.5 Å². The van der Waals surface area contributed by atoms with Gasteiger partial charge in [-0.05, 0) is 23.6 Å². The average molecular weight is 312 g/mol. The maximum absolute atomic E-state index is 11.4. The van der Waals surface area contributed by atoms with E-state index in [0.717, 1.165) is 18.7 Å². The van der Waals surface area contributed by atoms with Crippen LogP contribution in [-0.2, 0) is 11.2 Å². The van der Waals surface area contributed by atoms with Gasteiger partial charge in [0.05, 0.1) is 22.8 Å². The Labute approximate surface area is 133 Å². The third kappa shape index (κ3) is 2.94. The molecule has 22 heavy (non-hydrogen) atoms. The van der Waals surface area contributed by atoms with E-state index in [0.29, 0.717) is 12.0 Å². The number of nitrogens with one attached hydrogen (secondary N) is 1. The summed E-state index contributed by atoms with van der Waals surface area (Å²) in [6.07, 6.45) is 4.80. The highest BCUT2D eigenvalue weighted by Gasteiger charge is 2.39. The van der Waals surface area contributed by atoms with Gasteiger partial charge in [-0.1, -0.05) is 30.4 Å². The highest BCUT2D eigenvalue weighted by Crippen LogP contribution is 2.49. The summed E-state index contributed by atoms with van der Waals surface area (Å²) in [4.78, 5) is 12.5. The van der Waals surface area contributed by atoms with Crippen molar-refractivity contribution in [1.82, 2.24) is 5.32 Å². The number of carboxylic acid groups (broad SMARTS) is 1. The zero-order chi connectivity index (χ0) is 15.6. The predicted octanol–water partition coefficient (Wildman–Crippen LogP) is 2.47. The Hall–Kier alpha value is -2.03. The smallest absolute Gasteiger partial charge is 0.305 e. The van der Waals surface area contributed by atoms with Crippen LogP contribution < -0.4 is 5.32 Å². The molecule has 5 heteroatoms. The number of aliphatic carboxylic acids is 1. The van der Waals surface area contributed by atoms with Gasteiger partial charge in [-0.25, -0.2) is 0 Å². The second-order valence-electron chi connectivity index (χ2n) is 5.55. The van der Waals surface area contributed by atoms with Gasteiger partial charge in [-0.15, -0.1) is 11.8 Å². The van der Waals surface area contributed by atoms with Crippen molar-refractivity contribution in [3.05, 3.63) is 58.0 Å². The summed E-state index contributed by atoms with van der Waals surface area (Å²) < 4.78 is -0.508. The Morgan fingerprint density at radius 2 is 2.27 bits per heavy atom. The lowest BCUT2D eigenvalue weighted by atomic mass is 9.90. The summed E-state index contributed by atoms with van der Waals surface area (Å²) in [6.45, 7) is 1.59. The molecule has 0 bridgehead atoms. The van der Waals surface area contributed by atoms with Crippen LogP contribution in [0.2, 0.25) is 0 Å². The standard InChI is InChI=1S/C17H16N2O2S/c18-10-13-4-2-1-3-12(13)7-17(9-16(20)21)8-14-11-19-6-5-15(14)22-17/h1-5,8,19H,6-7,9,11H2,(H,20,21). The second kappa shape index (κ2) is 5.99. The van der Waals surface area contributed by atoms with Gasteiger partial charge < -0.3 is 10.4 Å². The van der Waals surface area contributed by atoms with Crippen LogP contribution in [0.4, 0.5) is 0 Å². The molecular weight excluding hydrogens is 296 g/mol. The zero-order valence-electron chi connectivity index (χ0n) is 12.0. The molecule has 4 nitrogen and oxygen atoms in total. The van der Waals surface area contributed by atoms with Crippen LogP contribution in [0.3, 0.4) is 0 Å². The maximum Gasteiger partial charge on any atom is 0.305 e. The van der Waals surface area contributed by atoms with E-state index in [2.05, 4.69) is 23.5 Å².